The number of aromatic amines is 1. The molecule has 3 heterocycles. The van der Waals surface area contributed by atoms with E-state index in [1.165, 1.54) is 4.68 Å². The van der Waals surface area contributed by atoms with Crippen molar-refractivity contribution in [2.24, 2.45) is 0 Å². The van der Waals surface area contributed by atoms with E-state index < -0.39 is 0 Å². The highest BCUT2D eigenvalue weighted by molar-refractivity contribution is 5.87. The maximum atomic E-state index is 8.35. The van der Waals surface area contributed by atoms with Crippen LogP contribution >= 0.6 is 0 Å². The average Bonchev–Trinajstić information content (AvgIpc) is 3.09. The van der Waals surface area contributed by atoms with Crippen molar-refractivity contribution in [1.29, 1.82) is 10.8 Å². The van der Waals surface area contributed by atoms with Gasteiger partial charge in [0.05, 0.1) is 16.9 Å². The summed E-state index contributed by atoms with van der Waals surface area (Å²) < 4.78 is 1.36. The molecule has 134 valence electrons. The van der Waals surface area contributed by atoms with E-state index in [0.717, 1.165) is 39.0 Å². The summed E-state index contributed by atoms with van der Waals surface area (Å²) in [6, 6.07) is 11.5. The van der Waals surface area contributed by atoms with Gasteiger partial charge in [-0.05, 0) is 49.7 Å². The van der Waals surface area contributed by atoms with Crippen LogP contribution in [0, 0.1) is 24.7 Å². The lowest BCUT2D eigenvalue weighted by molar-refractivity contribution is 0.776. The number of rotatable bonds is 3. The zero-order valence-corrected chi connectivity index (χ0v) is 15.1. The summed E-state index contributed by atoms with van der Waals surface area (Å²) in [7, 11) is 0. The maximum Gasteiger partial charge on any atom is 0.148 e. The molecule has 0 atom stereocenters. The van der Waals surface area contributed by atoms with Crippen LogP contribution in [0.4, 0.5) is 0 Å². The predicted octanol–water partition coefficient (Wildman–Crippen LogP) is 2.99. The van der Waals surface area contributed by atoms with Gasteiger partial charge in [-0.2, -0.15) is 10.2 Å². The number of benzene rings is 1. The number of aromatic nitrogens is 5. The van der Waals surface area contributed by atoms with Gasteiger partial charge in [0.1, 0.15) is 11.3 Å². The van der Waals surface area contributed by atoms with Crippen molar-refractivity contribution in [2.45, 2.75) is 20.3 Å². The molecule has 0 spiro atoms. The van der Waals surface area contributed by atoms with Gasteiger partial charge in [-0.3, -0.25) is 20.9 Å². The Kier molecular flexibility index (Phi) is 4.12. The number of hydrogen-bond acceptors (Lipinski definition) is 5. The lowest BCUT2D eigenvalue weighted by atomic mass is 10.0. The molecule has 0 amide bonds. The monoisotopic (exact) mass is 357 g/mol. The predicted molar refractivity (Wildman–Crippen MR) is 104 cm³/mol. The third-order valence-corrected chi connectivity index (χ3v) is 4.48. The first-order valence-electron chi connectivity index (χ1n) is 8.60. The number of H-pyrrole nitrogens is 1. The summed E-state index contributed by atoms with van der Waals surface area (Å²) in [5.41, 5.74) is 5.82. The van der Waals surface area contributed by atoms with Crippen molar-refractivity contribution in [3.05, 3.63) is 71.2 Å². The largest absolute Gasteiger partial charge is 0.286 e. The Morgan fingerprint density at radius 3 is 2.78 bits per heavy atom. The lowest BCUT2D eigenvalue weighted by Gasteiger charge is -2.09. The van der Waals surface area contributed by atoms with Gasteiger partial charge in [0.15, 0.2) is 0 Å². The molecule has 27 heavy (non-hydrogen) atoms. The number of nitrogens with one attached hydrogen (secondary N) is 3. The molecule has 0 saturated heterocycles. The molecule has 3 N–H and O–H groups in total. The molecule has 7 heteroatoms. The normalized spacial score (nSPS) is 11.0. The molecule has 0 aliphatic carbocycles. The van der Waals surface area contributed by atoms with Crippen LogP contribution in [-0.2, 0) is 6.42 Å². The van der Waals surface area contributed by atoms with E-state index in [-0.39, 0.29) is 11.3 Å². The molecule has 4 aromatic rings. The summed E-state index contributed by atoms with van der Waals surface area (Å²) >= 11 is 0. The minimum absolute atomic E-state index is 0.200. The summed E-state index contributed by atoms with van der Waals surface area (Å²) in [6.45, 7) is 3.81. The molecule has 7 nitrogen and oxygen atoms in total. The highest BCUT2D eigenvalue weighted by Gasteiger charge is 2.09. The van der Waals surface area contributed by atoms with Gasteiger partial charge in [0, 0.05) is 35.3 Å². The first kappa shape index (κ1) is 16.8. The number of pyridine rings is 1. The highest BCUT2D eigenvalue weighted by atomic mass is 15.3. The molecule has 0 saturated carbocycles. The fourth-order valence-electron chi connectivity index (χ4n) is 3.08. The molecule has 0 aliphatic heterocycles. The Bertz CT molecular complexity index is 1220. The van der Waals surface area contributed by atoms with Crippen molar-refractivity contribution in [3.8, 4) is 11.1 Å². The van der Waals surface area contributed by atoms with Crippen molar-refractivity contribution in [2.75, 3.05) is 0 Å². The molecule has 0 bridgehead atoms. The molecule has 0 fully saturated rings. The average molecular weight is 357 g/mol. The second kappa shape index (κ2) is 6.60. The topological polar surface area (TPSA) is 107 Å². The molecular weight excluding hydrogens is 338 g/mol. The number of fused-ring (bicyclic) bond motifs is 1. The maximum absolute atomic E-state index is 8.35. The van der Waals surface area contributed by atoms with E-state index >= 15 is 0 Å². The van der Waals surface area contributed by atoms with E-state index in [4.69, 9.17) is 10.8 Å². The Morgan fingerprint density at radius 1 is 1.15 bits per heavy atom. The molecule has 0 radical (unpaired) electrons. The van der Waals surface area contributed by atoms with Crippen LogP contribution in [0.15, 0.2) is 48.8 Å². The van der Waals surface area contributed by atoms with Gasteiger partial charge in [-0.15, -0.1) is 0 Å². The van der Waals surface area contributed by atoms with Gasteiger partial charge in [-0.25, -0.2) is 4.68 Å². The molecule has 3 aromatic heterocycles. The Balaban J connectivity index is 1.68. The molecule has 0 aliphatic rings. The Hall–Kier alpha value is -3.61. The fraction of sp³-hybridized carbons (Fsp3) is 0.150. The molecule has 4 rings (SSSR count). The van der Waals surface area contributed by atoms with Crippen molar-refractivity contribution >= 4 is 16.7 Å². The van der Waals surface area contributed by atoms with Gasteiger partial charge in [0.2, 0.25) is 0 Å². The second-order valence-electron chi connectivity index (χ2n) is 6.53. The summed E-state index contributed by atoms with van der Waals surface area (Å²) in [4.78, 5) is 4.54. The molecule has 1 aromatic carbocycles. The van der Waals surface area contributed by atoms with Crippen molar-refractivity contribution in [1.82, 2.24) is 25.0 Å². The summed E-state index contributed by atoms with van der Waals surface area (Å²) in [5, 5.41) is 28.6. The molecular formula is C20H19N7. The zero-order valence-electron chi connectivity index (χ0n) is 15.1. The van der Waals surface area contributed by atoms with Crippen LogP contribution in [-0.4, -0.2) is 30.8 Å². The van der Waals surface area contributed by atoms with Crippen LogP contribution < -0.4 is 5.49 Å². The number of hydrogen-bond donors (Lipinski definition) is 3. The van der Waals surface area contributed by atoms with Gasteiger partial charge >= 0.3 is 0 Å². The van der Waals surface area contributed by atoms with Crippen LogP contribution in [0.2, 0.25) is 0 Å². The van der Waals surface area contributed by atoms with E-state index in [1.54, 1.807) is 12.1 Å². The first-order valence-corrected chi connectivity index (χ1v) is 8.60. The first-order chi connectivity index (χ1) is 13.0. The van der Waals surface area contributed by atoms with E-state index in [9.17, 15) is 0 Å². The fourth-order valence-corrected chi connectivity index (χ4v) is 3.08. The van der Waals surface area contributed by atoms with Gasteiger partial charge in [-0.1, -0.05) is 6.07 Å². The minimum atomic E-state index is 0.200. The number of nitrogens with zero attached hydrogens (tertiary/aromatic N) is 4. The zero-order chi connectivity index (χ0) is 19.0. The number of aryl methyl sites for hydroxylation is 2. The van der Waals surface area contributed by atoms with Crippen LogP contribution in [0.1, 0.15) is 17.0 Å². The summed E-state index contributed by atoms with van der Waals surface area (Å²) in [6.07, 6.45) is 4.10. The third-order valence-electron chi connectivity index (χ3n) is 4.48. The minimum Gasteiger partial charge on any atom is -0.286 e. The van der Waals surface area contributed by atoms with Gasteiger partial charge in [0.25, 0.3) is 0 Å². The van der Waals surface area contributed by atoms with E-state index in [1.807, 2.05) is 44.4 Å². The van der Waals surface area contributed by atoms with Gasteiger partial charge < -0.3 is 0 Å². The standard InChI is InChI=1S/C20H19N7/c1-12-3-6-19(21)27(26-12)20(22)8-14-4-5-18-15(7-14)9-16(10-23-18)17-11-24-25-13(17)2/h3-7,9-11,21-22H,8H2,1-2H3,(H,24,25). The molecule has 0 unspecified atom stereocenters. The smallest absolute Gasteiger partial charge is 0.148 e. The second-order valence-corrected chi connectivity index (χ2v) is 6.53. The Labute approximate surface area is 155 Å². The van der Waals surface area contributed by atoms with Crippen LogP contribution in [0.3, 0.4) is 0 Å². The third kappa shape index (κ3) is 3.27. The Morgan fingerprint density at radius 2 is 2.00 bits per heavy atom. The quantitative estimate of drug-likeness (QED) is 0.387. The van der Waals surface area contributed by atoms with Crippen molar-refractivity contribution in [3.63, 3.8) is 0 Å². The van der Waals surface area contributed by atoms with Crippen molar-refractivity contribution < 1.29 is 0 Å². The van der Waals surface area contributed by atoms with E-state index in [2.05, 4.69) is 26.3 Å². The van der Waals surface area contributed by atoms with E-state index in [0.29, 0.717) is 6.42 Å². The lowest BCUT2D eigenvalue weighted by Crippen LogP contribution is -2.30. The van der Waals surface area contributed by atoms with Crippen LogP contribution in [0.5, 0.6) is 0 Å². The van der Waals surface area contributed by atoms with Crippen LogP contribution in [0.25, 0.3) is 22.0 Å². The highest BCUT2D eigenvalue weighted by Crippen LogP contribution is 2.25. The SMILES string of the molecule is Cc1ccc(=N)n(C(=N)Cc2ccc3ncc(-c4c[nH]nc4C)cc3c2)n1. The summed E-state index contributed by atoms with van der Waals surface area (Å²) in [5.74, 6) is 0.262.